The molecule has 0 spiro atoms. The number of nitrogens with two attached hydrogens (primary N) is 1. The Hall–Kier alpha value is -1.87. The molecular formula is C16H19FN2. The average Bonchev–Trinajstić information content (AvgIpc) is 2.41. The van der Waals surface area contributed by atoms with Crippen LogP contribution in [0.25, 0.3) is 0 Å². The Morgan fingerprint density at radius 1 is 1.05 bits per heavy atom. The quantitative estimate of drug-likeness (QED) is 0.893. The minimum Gasteiger partial charge on any atom is -0.366 e. The zero-order valence-corrected chi connectivity index (χ0v) is 11.1. The molecule has 2 aromatic rings. The minimum atomic E-state index is -0.168. The molecule has 0 aromatic heterocycles. The van der Waals surface area contributed by atoms with E-state index in [-0.39, 0.29) is 5.82 Å². The van der Waals surface area contributed by atoms with Crippen LogP contribution in [0, 0.1) is 12.7 Å². The topological polar surface area (TPSA) is 29.3 Å². The molecule has 0 saturated heterocycles. The van der Waals surface area contributed by atoms with Crippen molar-refractivity contribution in [1.82, 2.24) is 0 Å². The highest BCUT2D eigenvalue weighted by Gasteiger charge is 2.11. The van der Waals surface area contributed by atoms with Gasteiger partial charge in [-0.15, -0.1) is 0 Å². The molecule has 3 heteroatoms. The molecule has 0 atom stereocenters. The van der Waals surface area contributed by atoms with Crippen LogP contribution in [0.1, 0.15) is 11.1 Å². The van der Waals surface area contributed by atoms with Crippen LogP contribution in [0.3, 0.4) is 0 Å². The molecule has 0 unspecified atom stereocenters. The van der Waals surface area contributed by atoms with E-state index < -0.39 is 0 Å². The Labute approximate surface area is 113 Å². The van der Waals surface area contributed by atoms with Gasteiger partial charge in [-0.3, -0.25) is 0 Å². The van der Waals surface area contributed by atoms with Crippen molar-refractivity contribution in [2.45, 2.75) is 13.5 Å². The van der Waals surface area contributed by atoms with Gasteiger partial charge < -0.3 is 10.6 Å². The first-order valence-corrected chi connectivity index (χ1v) is 6.46. The highest BCUT2D eigenvalue weighted by Crippen LogP contribution is 2.22. The van der Waals surface area contributed by atoms with Gasteiger partial charge in [0.1, 0.15) is 5.82 Å². The van der Waals surface area contributed by atoms with E-state index in [4.69, 9.17) is 5.73 Å². The summed E-state index contributed by atoms with van der Waals surface area (Å²) in [6.45, 7) is 3.84. The Kier molecular flexibility index (Phi) is 4.53. The maximum Gasteiger partial charge on any atom is 0.128 e. The molecule has 100 valence electrons. The fourth-order valence-electron chi connectivity index (χ4n) is 2.19. The Bertz CT molecular complexity index is 540. The van der Waals surface area contributed by atoms with E-state index in [1.165, 1.54) is 11.6 Å². The van der Waals surface area contributed by atoms with Crippen molar-refractivity contribution in [3.63, 3.8) is 0 Å². The average molecular weight is 258 g/mol. The molecule has 0 aliphatic rings. The maximum absolute atomic E-state index is 13.7. The van der Waals surface area contributed by atoms with Gasteiger partial charge in [-0.05, 0) is 24.6 Å². The van der Waals surface area contributed by atoms with Gasteiger partial charge in [0.25, 0.3) is 0 Å². The lowest BCUT2D eigenvalue weighted by Crippen LogP contribution is -2.29. The molecular weight excluding hydrogens is 239 g/mol. The summed E-state index contributed by atoms with van der Waals surface area (Å²) in [4.78, 5) is 2.12. The molecule has 0 radical (unpaired) electrons. The van der Waals surface area contributed by atoms with E-state index in [9.17, 15) is 4.39 Å². The van der Waals surface area contributed by atoms with E-state index >= 15 is 0 Å². The number of anilines is 1. The maximum atomic E-state index is 13.7. The number of hydrogen-bond donors (Lipinski definition) is 1. The third-order valence-electron chi connectivity index (χ3n) is 3.17. The SMILES string of the molecule is Cc1ccccc1N(CCN)Cc1ccccc1F. The third-order valence-corrected chi connectivity index (χ3v) is 3.17. The Balaban J connectivity index is 2.27. The summed E-state index contributed by atoms with van der Waals surface area (Å²) in [6.07, 6.45) is 0. The number of benzene rings is 2. The highest BCUT2D eigenvalue weighted by molar-refractivity contribution is 5.53. The van der Waals surface area contributed by atoms with Crippen LogP contribution in [-0.4, -0.2) is 13.1 Å². The summed E-state index contributed by atoms with van der Waals surface area (Å²) in [5.74, 6) is -0.168. The molecule has 19 heavy (non-hydrogen) atoms. The number of rotatable bonds is 5. The second-order valence-corrected chi connectivity index (χ2v) is 4.59. The molecule has 2 aromatic carbocycles. The Morgan fingerprint density at radius 2 is 1.74 bits per heavy atom. The fourth-order valence-corrected chi connectivity index (χ4v) is 2.19. The van der Waals surface area contributed by atoms with Crippen LogP contribution in [0.5, 0.6) is 0 Å². The second-order valence-electron chi connectivity index (χ2n) is 4.59. The van der Waals surface area contributed by atoms with Crippen LogP contribution in [0.4, 0.5) is 10.1 Å². The predicted molar refractivity (Wildman–Crippen MR) is 77.7 cm³/mol. The van der Waals surface area contributed by atoms with E-state index in [0.717, 1.165) is 5.69 Å². The van der Waals surface area contributed by atoms with Crippen LogP contribution in [-0.2, 0) is 6.54 Å². The molecule has 2 rings (SSSR count). The molecule has 2 N–H and O–H groups in total. The van der Waals surface area contributed by atoms with E-state index in [2.05, 4.69) is 17.9 Å². The first-order chi connectivity index (χ1) is 9.22. The van der Waals surface area contributed by atoms with Gasteiger partial charge >= 0.3 is 0 Å². The zero-order chi connectivity index (χ0) is 13.7. The smallest absolute Gasteiger partial charge is 0.128 e. The predicted octanol–water partition coefficient (Wildman–Crippen LogP) is 3.10. The lowest BCUT2D eigenvalue weighted by molar-refractivity contribution is 0.604. The standard InChI is InChI=1S/C16H19FN2/c1-13-6-2-5-9-16(13)19(11-10-18)12-14-7-3-4-8-15(14)17/h2-9H,10-12,18H2,1H3. The lowest BCUT2D eigenvalue weighted by atomic mass is 10.1. The van der Waals surface area contributed by atoms with E-state index in [1.807, 2.05) is 30.3 Å². The second kappa shape index (κ2) is 6.34. The molecule has 0 bridgehead atoms. The molecule has 2 nitrogen and oxygen atoms in total. The van der Waals surface area contributed by atoms with E-state index in [1.54, 1.807) is 6.07 Å². The monoisotopic (exact) mass is 258 g/mol. The van der Waals surface area contributed by atoms with Crippen molar-refractivity contribution in [3.05, 3.63) is 65.5 Å². The summed E-state index contributed by atoms with van der Waals surface area (Å²) < 4.78 is 13.7. The Morgan fingerprint density at radius 3 is 2.42 bits per heavy atom. The van der Waals surface area contributed by atoms with Crippen LogP contribution in [0.2, 0.25) is 0 Å². The third kappa shape index (κ3) is 3.32. The largest absolute Gasteiger partial charge is 0.366 e. The van der Waals surface area contributed by atoms with Gasteiger partial charge in [-0.25, -0.2) is 4.39 Å². The van der Waals surface area contributed by atoms with Gasteiger partial charge in [-0.2, -0.15) is 0 Å². The number of para-hydroxylation sites is 1. The van der Waals surface area contributed by atoms with Crippen molar-refractivity contribution >= 4 is 5.69 Å². The number of hydrogen-bond acceptors (Lipinski definition) is 2. The molecule has 0 aliphatic carbocycles. The van der Waals surface area contributed by atoms with Gasteiger partial charge in [-0.1, -0.05) is 36.4 Å². The fraction of sp³-hybridized carbons (Fsp3) is 0.250. The van der Waals surface area contributed by atoms with Crippen molar-refractivity contribution in [2.75, 3.05) is 18.0 Å². The summed E-state index contributed by atoms with van der Waals surface area (Å²) in [5, 5.41) is 0. The summed E-state index contributed by atoms with van der Waals surface area (Å²) in [7, 11) is 0. The summed E-state index contributed by atoms with van der Waals surface area (Å²) in [6, 6.07) is 15.0. The summed E-state index contributed by atoms with van der Waals surface area (Å²) in [5.41, 5.74) is 8.65. The molecule has 0 heterocycles. The van der Waals surface area contributed by atoms with Gasteiger partial charge in [0.05, 0.1) is 0 Å². The number of halogens is 1. The van der Waals surface area contributed by atoms with Crippen molar-refractivity contribution < 1.29 is 4.39 Å². The van der Waals surface area contributed by atoms with Gasteiger partial charge in [0.2, 0.25) is 0 Å². The van der Waals surface area contributed by atoms with Crippen LogP contribution >= 0.6 is 0 Å². The molecule has 0 fully saturated rings. The molecule has 0 amide bonds. The highest BCUT2D eigenvalue weighted by atomic mass is 19.1. The molecule has 0 aliphatic heterocycles. The van der Waals surface area contributed by atoms with E-state index in [0.29, 0.717) is 25.2 Å². The normalized spacial score (nSPS) is 10.5. The van der Waals surface area contributed by atoms with Crippen molar-refractivity contribution in [2.24, 2.45) is 5.73 Å². The minimum absolute atomic E-state index is 0.168. The van der Waals surface area contributed by atoms with Crippen LogP contribution < -0.4 is 10.6 Å². The number of aryl methyl sites for hydroxylation is 1. The molecule has 0 saturated carbocycles. The van der Waals surface area contributed by atoms with Crippen LogP contribution in [0.15, 0.2) is 48.5 Å². The first kappa shape index (κ1) is 13.6. The van der Waals surface area contributed by atoms with Crippen molar-refractivity contribution in [1.29, 1.82) is 0 Å². The van der Waals surface area contributed by atoms with Gasteiger partial charge in [0.15, 0.2) is 0 Å². The lowest BCUT2D eigenvalue weighted by Gasteiger charge is -2.26. The zero-order valence-electron chi connectivity index (χ0n) is 11.1. The van der Waals surface area contributed by atoms with Crippen molar-refractivity contribution in [3.8, 4) is 0 Å². The first-order valence-electron chi connectivity index (χ1n) is 6.46. The number of nitrogens with zero attached hydrogens (tertiary/aromatic N) is 1. The summed E-state index contributed by atoms with van der Waals surface area (Å²) >= 11 is 0. The van der Waals surface area contributed by atoms with Gasteiger partial charge in [0, 0.05) is 30.9 Å².